The lowest BCUT2D eigenvalue weighted by Crippen LogP contribution is -2.34. The van der Waals surface area contributed by atoms with Gasteiger partial charge in [-0.15, -0.1) is 11.3 Å². The third-order valence-electron chi connectivity index (χ3n) is 2.06. The maximum atomic E-state index is 11.5. The maximum Gasteiger partial charge on any atom is 0.180 e. The van der Waals surface area contributed by atoms with E-state index in [2.05, 4.69) is 0 Å². The Morgan fingerprint density at radius 2 is 2.42 bits per heavy atom. The van der Waals surface area contributed by atoms with E-state index >= 15 is 0 Å². The summed E-state index contributed by atoms with van der Waals surface area (Å²) in [6.07, 6.45) is 1.64. The van der Waals surface area contributed by atoms with Crippen LogP contribution in [-0.4, -0.2) is 11.8 Å². The van der Waals surface area contributed by atoms with E-state index < -0.39 is 0 Å². The quantitative estimate of drug-likeness (QED) is 0.696. The second kappa shape index (κ2) is 2.83. The Morgan fingerprint density at radius 1 is 1.67 bits per heavy atom. The largest absolute Gasteiger partial charge is 0.321 e. The van der Waals surface area contributed by atoms with Gasteiger partial charge in [0.25, 0.3) is 0 Å². The second-order valence-corrected chi connectivity index (χ2v) is 4.66. The standard InChI is InChI=1S/C8H8ClNOS/c9-7-3-4-6(12-7)2-1-5(10)8(4)11/h3,5H,1-2,10H2. The third kappa shape index (κ3) is 1.18. The predicted molar refractivity (Wildman–Crippen MR) is 50.0 cm³/mol. The number of fused-ring (bicyclic) bond motifs is 1. The zero-order chi connectivity index (χ0) is 8.72. The van der Waals surface area contributed by atoms with Gasteiger partial charge in [0.05, 0.1) is 10.4 Å². The Bertz CT molecular complexity index is 334. The molecule has 1 aromatic heterocycles. The van der Waals surface area contributed by atoms with E-state index in [0.29, 0.717) is 4.34 Å². The fourth-order valence-corrected chi connectivity index (χ4v) is 2.70. The molecule has 0 fully saturated rings. The first-order valence-corrected chi connectivity index (χ1v) is 4.96. The van der Waals surface area contributed by atoms with Crippen LogP contribution in [0.2, 0.25) is 4.34 Å². The van der Waals surface area contributed by atoms with Crippen molar-refractivity contribution in [1.29, 1.82) is 0 Å². The second-order valence-electron chi connectivity index (χ2n) is 2.90. The molecule has 12 heavy (non-hydrogen) atoms. The molecule has 1 atom stereocenters. The molecule has 64 valence electrons. The number of rotatable bonds is 0. The molecule has 0 radical (unpaired) electrons. The van der Waals surface area contributed by atoms with E-state index in [9.17, 15) is 4.79 Å². The molecule has 0 spiro atoms. The molecule has 0 saturated carbocycles. The highest BCUT2D eigenvalue weighted by atomic mass is 35.5. The Labute approximate surface area is 79.3 Å². The van der Waals surface area contributed by atoms with Crippen molar-refractivity contribution in [3.8, 4) is 0 Å². The van der Waals surface area contributed by atoms with Crippen molar-refractivity contribution in [3.05, 3.63) is 20.8 Å². The highest BCUT2D eigenvalue weighted by molar-refractivity contribution is 7.16. The van der Waals surface area contributed by atoms with Crippen LogP contribution in [0.15, 0.2) is 6.07 Å². The molecule has 2 rings (SSSR count). The minimum Gasteiger partial charge on any atom is -0.321 e. The van der Waals surface area contributed by atoms with Crippen molar-refractivity contribution >= 4 is 28.7 Å². The van der Waals surface area contributed by atoms with Crippen molar-refractivity contribution in [2.45, 2.75) is 18.9 Å². The summed E-state index contributed by atoms with van der Waals surface area (Å²) in [5.74, 6) is 0.0411. The highest BCUT2D eigenvalue weighted by Gasteiger charge is 2.26. The van der Waals surface area contributed by atoms with Gasteiger partial charge in [-0.25, -0.2) is 0 Å². The van der Waals surface area contributed by atoms with Crippen LogP contribution in [0.4, 0.5) is 0 Å². The summed E-state index contributed by atoms with van der Waals surface area (Å²) in [6, 6.07) is 1.41. The van der Waals surface area contributed by atoms with E-state index in [4.69, 9.17) is 17.3 Å². The predicted octanol–water partition coefficient (Wildman–Crippen LogP) is 1.86. The lowest BCUT2D eigenvalue weighted by molar-refractivity contribution is 0.0949. The van der Waals surface area contributed by atoms with Crippen LogP contribution in [0.25, 0.3) is 0 Å². The smallest absolute Gasteiger partial charge is 0.180 e. The molecule has 0 aromatic carbocycles. The summed E-state index contributed by atoms with van der Waals surface area (Å²) in [7, 11) is 0. The van der Waals surface area contributed by atoms with Crippen molar-refractivity contribution in [1.82, 2.24) is 0 Å². The van der Waals surface area contributed by atoms with Gasteiger partial charge in [0.15, 0.2) is 5.78 Å². The zero-order valence-electron chi connectivity index (χ0n) is 6.34. The maximum absolute atomic E-state index is 11.5. The lowest BCUT2D eigenvalue weighted by atomic mass is 9.94. The van der Waals surface area contributed by atoms with Gasteiger partial charge in [-0.05, 0) is 18.9 Å². The van der Waals surface area contributed by atoms with Crippen LogP contribution in [0.1, 0.15) is 21.7 Å². The number of nitrogens with two attached hydrogens (primary N) is 1. The van der Waals surface area contributed by atoms with Crippen LogP contribution in [0.3, 0.4) is 0 Å². The third-order valence-corrected chi connectivity index (χ3v) is 3.39. The van der Waals surface area contributed by atoms with Gasteiger partial charge in [-0.3, -0.25) is 4.79 Å². The molecule has 4 heteroatoms. The van der Waals surface area contributed by atoms with E-state index in [1.807, 2.05) is 0 Å². The Morgan fingerprint density at radius 3 is 3.17 bits per heavy atom. The van der Waals surface area contributed by atoms with Gasteiger partial charge in [-0.2, -0.15) is 0 Å². The van der Waals surface area contributed by atoms with E-state index in [0.717, 1.165) is 23.3 Å². The topological polar surface area (TPSA) is 43.1 Å². The van der Waals surface area contributed by atoms with Crippen LogP contribution < -0.4 is 5.73 Å². The van der Waals surface area contributed by atoms with Gasteiger partial charge in [-0.1, -0.05) is 11.6 Å². The number of halogens is 1. The number of carbonyl (C=O) groups is 1. The Balaban J connectivity index is 2.48. The van der Waals surface area contributed by atoms with Crippen molar-refractivity contribution in [2.75, 3.05) is 0 Å². The molecule has 1 unspecified atom stereocenters. The molecule has 2 N–H and O–H groups in total. The minimum atomic E-state index is -0.317. The lowest BCUT2D eigenvalue weighted by Gasteiger charge is -2.15. The average Bonchev–Trinajstić information content (AvgIpc) is 2.39. The fourth-order valence-electron chi connectivity index (χ4n) is 1.41. The van der Waals surface area contributed by atoms with Crippen LogP contribution >= 0.6 is 22.9 Å². The average molecular weight is 202 g/mol. The minimum absolute atomic E-state index is 0.0411. The van der Waals surface area contributed by atoms with Gasteiger partial charge < -0.3 is 5.73 Å². The molecule has 0 amide bonds. The highest BCUT2D eigenvalue weighted by Crippen LogP contribution is 2.31. The van der Waals surface area contributed by atoms with Gasteiger partial charge in [0, 0.05) is 10.4 Å². The number of Topliss-reactive ketones (excluding diaryl/α,β-unsaturated/α-hetero) is 1. The van der Waals surface area contributed by atoms with Crippen LogP contribution in [0.5, 0.6) is 0 Å². The summed E-state index contributed by atoms with van der Waals surface area (Å²) >= 11 is 7.27. The zero-order valence-corrected chi connectivity index (χ0v) is 7.91. The van der Waals surface area contributed by atoms with Crippen LogP contribution in [-0.2, 0) is 6.42 Å². The van der Waals surface area contributed by atoms with E-state index in [-0.39, 0.29) is 11.8 Å². The normalized spacial score (nSPS) is 22.5. The van der Waals surface area contributed by atoms with Gasteiger partial charge >= 0.3 is 0 Å². The number of hydrogen-bond donors (Lipinski definition) is 1. The summed E-state index contributed by atoms with van der Waals surface area (Å²) in [4.78, 5) is 12.5. The first-order chi connectivity index (χ1) is 5.68. The molecule has 2 nitrogen and oxygen atoms in total. The molecule has 1 aliphatic rings. The molecular weight excluding hydrogens is 194 g/mol. The fraction of sp³-hybridized carbons (Fsp3) is 0.375. The Kier molecular flexibility index (Phi) is 1.94. The van der Waals surface area contributed by atoms with Crippen molar-refractivity contribution < 1.29 is 4.79 Å². The Hall–Kier alpha value is -0.380. The number of hydrogen-bond acceptors (Lipinski definition) is 3. The number of ketones is 1. The van der Waals surface area contributed by atoms with Gasteiger partial charge in [0.2, 0.25) is 0 Å². The SMILES string of the molecule is NC1CCc2sc(Cl)cc2C1=O. The molecular formula is C8H8ClNOS. The first-order valence-electron chi connectivity index (χ1n) is 3.76. The van der Waals surface area contributed by atoms with Crippen molar-refractivity contribution in [2.24, 2.45) is 5.73 Å². The summed E-state index contributed by atoms with van der Waals surface area (Å²) in [5, 5.41) is 0. The molecule has 1 aliphatic carbocycles. The van der Waals surface area contributed by atoms with E-state index in [1.165, 1.54) is 11.3 Å². The molecule has 1 heterocycles. The van der Waals surface area contributed by atoms with Crippen LogP contribution in [0, 0.1) is 0 Å². The van der Waals surface area contributed by atoms with E-state index in [1.54, 1.807) is 6.07 Å². The van der Waals surface area contributed by atoms with Gasteiger partial charge in [0.1, 0.15) is 0 Å². The number of thiophene rings is 1. The summed E-state index contributed by atoms with van der Waals surface area (Å²) in [5.41, 5.74) is 6.35. The first kappa shape index (κ1) is 8.23. The number of carbonyl (C=O) groups excluding carboxylic acids is 1. The molecule has 0 bridgehead atoms. The monoisotopic (exact) mass is 201 g/mol. The summed E-state index contributed by atoms with van der Waals surface area (Å²) in [6.45, 7) is 0. The summed E-state index contributed by atoms with van der Waals surface area (Å²) < 4.78 is 0.683. The molecule has 0 aliphatic heterocycles. The van der Waals surface area contributed by atoms with Crippen molar-refractivity contribution in [3.63, 3.8) is 0 Å². The molecule has 0 saturated heterocycles. The molecule has 1 aromatic rings. The number of aryl methyl sites for hydroxylation is 1.